The van der Waals surface area contributed by atoms with Crippen molar-refractivity contribution in [1.82, 2.24) is 14.1 Å². The van der Waals surface area contributed by atoms with E-state index < -0.39 is 5.41 Å². The number of aromatic nitrogens is 3. The van der Waals surface area contributed by atoms with E-state index in [2.05, 4.69) is 301 Å². The van der Waals surface area contributed by atoms with E-state index in [1.807, 2.05) is 6.20 Å². The summed E-state index contributed by atoms with van der Waals surface area (Å²) in [5.41, 5.74) is 17.7. The van der Waals surface area contributed by atoms with Gasteiger partial charge in [0.15, 0.2) is 0 Å². The van der Waals surface area contributed by atoms with Crippen molar-refractivity contribution < 1.29 is 24.1 Å². The van der Waals surface area contributed by atoms with Crippen LogP contribution in [-0.2, 0) is 41.0 Å². The fourth-order valence-corrected chi connectivity index (χ4v) is 12.4. The van der Waals surface area contributed by atoms with Crippen LogP contribution in [0.3, 0.4) is 0 Å². The molecular weight excluding hydrogens is 1090 g/mol. The van der Waals surface area contributed by atoms with Gasteiger partial charge in [-0.25, -0.2) is 0 Å². The maximum atomic E-state index is 7.12. The standard InChI is InChI=1S/C67H61N5O.Pt/c1-64(2,3)45-36-37-68-63(41-45)72-59-31-18-15-28-55(59)67(53-26-13-16-29-57(53)71(48-22-11-10-12-23-48)58-30-17-14-27-54(58)67)56-35-34-52(43-62(56)72)73-51-25-21-24-49(42-51)69-44-70(61-33-20-19-32-60(61)69)50-39-46(65(4,5)6)38-47(40-50)66(7,8)9;/h10-43H,1-9H3;. The Kier molecular flexibility index (Phi) is 11.3. The number of hydrogen-bond acceptors (Lipinski definition) is 4. The molecule has 0 bridgehead atoms. The minimum absolute atomic E-state index is 0.0220. The Morgan fingerprint density at radius 2 is 0.878 bits per heavy atom. The topological polar surface area (TPSA) is 38.5 Å². The van der Waals surface area contributed by atoms with Crippen LogP contribution in [0.5, 0.6) is 11.5 Å². The quantitative estimate of drug-likeness (QED) is 0.166. The maximum absolute atomic E-state index is 7.12. The van der Waals surface area contributed by atoms with Gasteiger partial charge >= 0.3 is 286 Å². The summed E-state index contributed by atoms with van der Waals surface area (Å²) in [4.78, 5) is 9.95. The van der Waals surface area contributed by atoms with Crippen molar-refractivity contribution in [3.63, 3.8) is 0 Å². The number of nitrogens with zero attached hydrogens (tertiary/aromatic N) is 5. The van der Waals surface area contributed by atoms with E-state index >= 15 is 0 Å². The molecule has 8 aromatic carbocycles. The van der Waals surface area contributed by atoms with E-state index in [0.717, 1.165) is 77.5 Å². The van der Waals surface area contributed by atoms with Crippen LogP contribution in [-0.4, -0.2) is 14.1 Å². The number of pyridine rings is 1. The van der Waals surface area contributed by atoms with Crippen LogP contribution in [0, 0.1) is 3.80 Å². The predicted molar refractivity (Wildman–Crippen MR) is 301 cm³/mol. The molecule has 0 fully saturated rings. The molecular formula is C67H61N5OPt. The molecule has 0 saturated carbocycles. The molecule has 4 heterocycles. The van der Waals surface area contributed by atoms with Crippen LogP contribution < -0.4 is 14.5 Å². The Bertz CT molecular complexity index is 3800. The molecule has 0 unspecified atom stereocenters. The van der Waals surface area contributed by atoms with Crippen molar-refractivity contribution in [1.29, 1.82) is 0 Å². The Morgan fingerprint density at radius 1 is 0.392 bits per heavy atom. The van der Waals surface area contributed by atoms with Crippen molar-refractivity contribution in [2.45, 2.75) is 84.0 Å². The van der Waals surface area contributed by atoms with Gasteiger partial charge < -0.3 is 4.90 Å². The number of hydrogen-bond donors (Lipinski definition) is 0. The van der Waals surface area contributed by atoms with Gasteiger partial charge in [0.05, 0.1) is 11.4 Å². The van der Waals surface area contributed by atoms with Gasteiger partial charge in [0.1, 0.15) is 0 Å². The second kappa shape index (κ2) is 17.6. The molecule has 6 nitrogen and oxygen atoms in total. The summed E-state index contributed by atoms with van der Waals surface area (Å²) in [7, 11) is 0. The van der Waals surface area contributed by atoms with Gasteiger partial charge in [0.2, 0.25) is 0 Å². The number of anilines is 6. The summed E-state index contributed by atoms with van der Waals surface area (Å²) in [6.45, 7) is 20.6. The zero-order valence-corrected chi connectivity index (χ0v) is 45.9. The summed E-state index contributed by atoms with van der Waals surface area (Å²) in [5.74, 6) is 2.32. The molecule has 0 N–H and O–H groups in total. The molecule has 0 radical (unpaired) electrons. The van der Waals surface area contributed by atoms with Crippen LogP contribution >= 0.6 is 0 Å². The van der Waals surface area contributed by atoms with Crippen LogP contribution in [0.25, 0.3) is 22.4 Å². The Hall–Kier alpha value is -7.53. The van der Waals surface area contributed by atoms with Crippen molar-refractivity contribution >= 4 is 45.3 Å². The van der Waals surface area contributed by atoms with E-state index in [0.29, 0.717) is 0 Å². The van der Waals surface area contributed by atoms with Crippen molar-refractivity contribution in [3.05, 3.63) is 249 Å². The van der Waals surface area contributed by atoms with Crippen LogP contribution in [0.2, 0.25) is 0 Å². The van der Waals surface area contributed by atoms with E-state index in [1.165, 1.54) is 33.4 Å². The molecule has 0 atom stereocenters. The number of fused-ring (bicyclic) bond motifs is 9. The summed E-state index contributed by atoms with van der Waals surface area (Å²) < 4.78 is 13.0. The normalized spacial score (nSPS) is 13.9. The van der Waals surface area contributed by atoms with Gasteiger partial charge in [0.25, 0.3) is 0 Å². The number of para-hydroxylation sites is 6. The third-order valence-corrected chi connectivity index (χ3v) is 16.1. The molecule has 0 saturated heterocycles. The monoisotopic (exact) mass is 1150 g/mol. The predicted octanol–water partition coefficient (Wildman–Crippen LogP) is 17.5. The summed E-state index contributed by atoms with van der Waals surface area (Å²) >= 11 is 2.51. The number of benzene rings is 8. The minimum atomic E-state index is -0.706. The number of imidazole rings is 1. The molecule has 370 valence electrons. The Morgan fingerprint density at radius 3 is 1.46 bits per heavy atom. The average molecular weight is 1150 g/mol. The zero-order chi connectivity index (χ0) is 51.3. The third kappa shape index (κ3) is 7.72. The van der Waals surface area contributed by atoms with E-state index in [1.54, 1.807) is 0 Å². The fourth-order valence-electron chi connectivity index (χ4n) is 11.3. The second-order valence-corrected chi connectivity index (χ2v) is 23.9. The van der Waals surface area contributed by atoms with Gasteiger partial charge in [-0.2, -0.15) is 0 Å². The van der Waals surface area contributed by atoms with E-state index in [9.17, 15) is 0 Å². The molecule has 2 aliphatic rings. The first-order valence-electron chi connectivity index (χ1n) is 25.7. The molecule has 12 rings (SSSR count). The Balaban J connectivity index is 1.04. The third-order valence-electron chi connectivity index (χ3n) is 15.0. The van der Waals surface area contributed by atoms with Gasteiger partial charge in [-0.1, -0.05) is 93.6 Å². The molecule has 0 aliphatic carbocycles. The molecule has 1 spiro atoms. The SMILES string of the molecule is CC(C)(C)c1cc(-n2[c](=[Pt])n(-c3cccc(Oc4ccc5c(c4)N(c4cc(C(C)(C)C)ccn4)c4ccccc4C54c5ccccc5N(c5ccccc5)c5ccccc54)c3)c3ccccc32)cc(C(C)(C)C)c1. The molecule has 7 heteroatoms. The zero-order valence-electron chi connectivity index (χ0n) is 43.6. The molecule has 2 aromatic heterocycles. The first kappa shape index (κ1) is 47.5. The fraction of sp³-hybridized carbons (Fsp3) is 0.194. The van der Waals surface area contributed by atoms with Gasteiger partial charge in [-0.05, 0) is 41.3 Å². The summed E-state index contributed by atoms with van der Waals surface area (Å²) in [5, 5.41) is 0. The molecule has 2 aliphatic heterocycles. The van der Waals surface area contributed by atoms with E-state index in [4.69, 9.17) is 9.72 Å². The number of ether oxygens (including phenoxy) is 1. The van der Waals surface area contributed by atoms with E-state index in [-0.39, 0.29) is 16.2 Å². The van der Waals surface area contributed by atoms with Crippen molar-refractivity contribution in [2.75, 3.05) is 9.80 Å². The molecule has 0 amide bonds. The Labute approximate surface area is 446 Å². The van der Waals surface area contributed by atoms with Crippen LogP contribution in [0.4, 0.5) is 34.3 Å². The average Bonchev–Trinajstić information content (AvgIpc) is 3.81. The van der Waals surface area contributed by atoms with Gasteiger partial charge in [0, 0.05) is 11.9 Å². The molecule has 10 aromatic rings. The van der Waals surface area contributed by atoms with Gasteiger partial charge in [-0.3, -0.25) is 0 Å². The van der Waals surface area contributed by atoms with Crippen molar-refractivity contribution in [2.24, 2.45) is 0 Å². The summed E-state index contributed by atoms with van der Waals surface area (Å²) in [6, 6.07) is 73.0. The van der Waals surface area contributed by atoms with Crippen LogP contribution in [0.15, 0.2) is 206 Å². The molecule has 74 heavy (non-hydrogen) atoms. The first-order chi connectivity index (χ1) is 35.5. The number of rotatable bonds is 6. The second-order valence-electron chi connectivity index (χ2n) is 22.9. The van der Waals surface area contributed by atoms with Crippen LogP contribution in [0.1, 0.15) is 101 Å². The summed E-state index contributed by atoms with van der Waals surface area (Å²) in [6.07, 6.45) is 1.96. The first-order valence-corrected chi connectivity index (χ1v) is 26.8. The van der Waals surface area contributed by atoms with Crippen molar-refractivity contribution in [3.8, 4) is 22.9 Å². The van der Waals surface area contributed by atoms with Gasteiger partial charge in [-0.15, -0.1) is 0 Å².